The molecule has 0 heterocycles. The van der Waals surface area contributed by atoms with Crippen molar-refractivity contribution >= 4 is 14.1 Å². The number of hydrogen-bond acceptors (Lipinski definition) is 2. The van der Waals surface area contributed by atoms with Crippen LogP contribution < -0.4 is 0 Å². The van der Waals surface area contributed by atoms with Crippen LogP contribution in [-0.2, 0) is 9.22 Å². The number of ketones is 1. The molecule has 0 N–H and O–H groups in total. The summed E-state index contributed by atoms with van der Waals surface area (Å²) >= 11 is 0. The fourth-order valence-corrected chi connectivity index (χ4v) is 7.60. The molecule has 3 heteroatoms. The summed E-state index contributed by atoms with van der Waals surface area (Å²) in [5.74, 6) is 2.40. The maximum absolute atomic E-state index is 12.3. The van der Waals surface area contributed by atoms with Gasteiger partial charge in [-0.05, 0) is 82.8 Å². The summed E-state index contributed by atoms with van der Waals surface area (Å²) in [6.45, 7) is 16.2. The first-order valence-electron chi connectivity index (χ1n) is 10.2. The molecule has 0 aromatic rings. The highest BCUT2D eigenvalue weighted by Gasteiger charge is 2.52. The van der Waals surface area contributed by atoms with Crippen molar-refractivity contribution in [1.29, 1.82) is 0 Å². The summed E-state index contributed by atoms with van der Waals surface area (Å²) < 4.78 is 6.35. The number of carbonyl (C=O) groups excluding carboxylic acids is 1. The maximum atomic E-state index is 12.3. The smallest absolute Gasteiger partial charge is 0.184 e. The Kier molecular flexibility index (Phi) is 6.07. The molecule has 0 unspecified atom stereocenters. The number of fused-ring (bicyclic) bond motifs is 1. The third kappa shape index (κ3) is 4.72. The van der Waals surface area contributed by atoms with Crippen molar-refractivity contribution in [2.75, 3.05) is 0 Å². The van der Waals surface area contributed by atoms with Gasteiger partial charge in [-0.1, -0.05) is 26.7 Å². The Hall–Kier alpha value is -0.153. The summed E-state index contributed by atoms with van der Waals surface area (Å²) in [4.78, 5) is 12.3. The van der Waals surface area contributed by atoms with Crippen LogP contribution in [0.25, 0.3) is 0 Å². The van der Waals surface area contributed by atoms with Crippen LogP contribution in [0.3, 0.4) is 0 Å². The van der Waals surface area contributed by atoms with E-state index in [1.807, 2.05) is 0 Å². The number of hydrogen-bond donors (Lipinski definition) is 0. The SMILES string of the molecule is C[C@H](CCCC(C)(C)O[Si](C)(C)C)[C@H]1CC[C@H]2C(=O)[13CH2]CC[C@]12C. The molecule has 0 aromatic heterocycles. The topological polar surface area (TPSA) is 26.3 Å². The highest BCUT2D eigenvalue weighted by Crippen LogP contribution is 2.57. The molecule has 0 bridgehead atoms. The lowest BCUT2D eigenvalue weighted by atomic mass is 9.64. The molecule has 0 spiro atoms. The third-order valence-corrected chi connectivity index (χ3v) is 7.81. The van der Waals surface area contributed by atoms with Gasteiger partial charge in [-0.25, -0.2) is 0 Å². The molecule has 2 nitrogen and oxygen atoms in total. The van der Waals surface area contributed by atoms with Gasteiger partial charge in [0.05, 0.1) is 5.60 Å². The van der Waals surface area contributed by atoms with Gasteiger partial charge in [0.15, 0.2) is 8.32 Å². The zero-order chi connectivity index (χ0) is 18.2. The van der Waals surface area contributed by atoms with Crippen molar-refractivity contribution in [1.82, 2.24) is 0 Å². The van der Waals surface area contributed by atoms with E-state index in [0.29, 0.717) is 17.1 Å². The second kappa shape index (κ2) is 7.23. The Morgan fingerprint density at radius 2 is 1.96 bits per heavy atom. The first kappa shape index (κ1) is 20.2. The van der Waals surface area contributed by atoms with Crippen LogP contribution in [0.5, 0.6) is 0 Å². The molecule has 0 aromatic carbocycles. The molecule has 2 saturated carbocycles. The average Bonchev–Trinajstić information content (AvgIpc) is 2.74. The van der Waals surface area contributed by atoms with Gasteiger partial charge in [0, 0.05) is 12.3 Å². The van der Waals surface area contributed by atoms with E-state index in [0.717, 1.165) is 37.5 Å². The van der Waals surface area contributed by atoms with E-state index in [2.05, 4.69) is 47.3 Å². The van der Waals surface area contributed by atoms with Gasteiger partial charge in [0.2, 0.25) is 0 Å². The number of carbonyl (C=O) groups is 1. The summed E-state index contributed by atoms with van der Waals surface area (Å²) in [6, 6.07) is 0. The Labute approximate surface area is 151 Å². The summed E-state index contributed by atoms with van der Waals surface area (Å²) in [7, 11) is -1.48. The quantitative estimate of drug-likeness (QED) is 0.402. The van der Waals surface area contributed by atoms with Crippen LogP contribution in [0.15, 0.2) is 0 Å². The predicted molar refractivity (Wildman–Crippen MR) is 105 cm³/mol. The van der Waals surface area contributed by atoms with E-state index in [4.69, 9.17) is 4.43 Å². The van der Waals surface area contributed by atoms with Crippen molar-refractivity contribution in [3.05, 3.63) is 0 Å². The molecule has 0 radical (unpaired) electrons. The normalized spacial score (nSPS) is 32.7. The first-order chi connectivity index (χ1) is 10.9. The van der Waals surface area contributed by atoms with Crippen LogP contribution in [-0.4, -0.2) is 19.7 Å². The molecular weight excluding hydrogens is 313 g/mol. The van der Waals surface area contributed by atoms with Gasteiger partial charge in [0.1, 0.15) is 5.78 Å². The standard InChI is InChI=1S/C21H40O2Si/c1-16(10-8-14-20(2,3)23-24(5,6)7)17-12-13-18-19(22)11-9-15-21(17,18)4/h16-18H,8-15H2,1-7H3/t16-,17-,18+,21-/m1/s1/i11+1. The highest BCUT2D eigenvalue weighted by atomic mass is 28.4. The lowest BCUT2D eigenvalue weighted by Gasteiger charge is -2.42. The zero-order valence-electron chi connectivity index (χ0n) is 17.2. The average molecular weight is 354 g/mol. The van der Waals surface area contributed by atoms with E-state index in [1.54, 1.807) is 0 Å². The van der Waals surface area contributed by atoms with E-state index < -0.39 is 8.32 Å². The molecule has 2 fully saturated rings. The van der Waals surface area contributed by atoms with E-state index in [1.165, 1.54) is 25.7 Å². The molecule has 0 amide bonds. The maximum Gasteiger partial charge on any atom is 0.184 e. The Bertz CT molecular complexity index is 451. The second-order valence-corrected chi connectivity index (χ2v) is 14.8. The van der Waals surface area contributed by atoms with Gasteiger partial charge in [0.25, 0.3) is 0 Å². The van der Waals surface area contributed by atoms with Crippen LogP contribution in [0.1, 0.15) is 79.1 Å². The van der Waals surface area contributed by atoms with Gasteiger partial charge in [-0.15, -0.1) is 0 Å². The monoisotopic (exact) mass is 353 g/mol. The summed E-state index contributed by atoms with van der Waals surface area (Å²) in [5.41, 5.74) is 0.298. The zero-order valence-corrected chi connectivity index (χ0v) is 18.2. The van der Waals surface area contributed by atoms with Crippen LogP contribution in [0, 0.1) is 23.2 Å². The van der Waals surface area contributed by atoms with Crippen LogP contribution in [0.2, 0.25) is 19.6 Å². The third-order valence-electron chi connectivity index (χ3n) is 6.64. The van der Waals surface area contributed by atoms with Gasteiger partial charge >= 0.3 is 0 Å². The van der Waals surface area contributed by atoms with E-state index >= 15 is 0 Å². The molecule has 24 heavy (non-hydrogen) atoms. The van der Waals surface area contributed by atoms with E-state index in [-0.39, 0.29) is 5.60 Å². The molecular formula is C21H40O2Si. The minimum atomic E-state index is -1.48. The Balaban J connectivity index is 1.87. The van der Waals surface area contributed by atoms with Crippen molar-refractivity contribution in [3.8, 4) is 0 Å². The summed E-state index contributed by atoms with van der Waals surface area (Å²) in [6.07, 6.45) is 9.30. The lowest BCUT2D eigenvalue weighted by Crippen LogP contribution is -2.39. The van der Waals surface area contributed by atoms with Crippen molar-refractivity contribution in [2.24, 2.45) is 23.2 Å². The minimum Gasteiger partial charge on any atom is -0.413 e. The van der Waals surface area contributed by atoms with Crippen LogP contribution >= 0.6 is 0 Å². The Morgan fingerprint density at radius 1 is 1.29 bits per heavy atom. The number of rotatable bonds is 7. The number of Topliss-reactive ketones (excluding diaryl/α,β-unsaturated/α-hetero) is 1. The molecule has 140 valence electrons. The van der Waals surface area contributed by atoms with Crippen molar-refractivity contribution < 1.29 is 9.22 Å². The first-order valence-corrected chi connectivity index (χ1v) is 13.6. The highest BCUT2D eigenvalue weighted by molar-refractivity contribution is 6.69. The molecule has 2 aliphatic carbocycles. The Morgan fingerprint density at radius 3 is 2.58 bits per heavy atom. The second-order valence-electron chi connectivity index (χ2n) is 10.4. The fraction of sp³-hybridized carbons (Fsp3) is 0.952. The molecule has 0 saturated heterocycles. The van der Waals surface area contributed by atoms with Crippen LogP contribution in [0.4, 0.5) is 0 Å². The minimum absolute atomic E-state index is 0.00705. The lowest BCUT2D eigenvalue weighted by molar-refractivity contribution is -0.130. The van der Waals surface area contributed by atoms with Crippen molar-refractivity contribution in [2.45, 2.75) is 104 Å². The predicted octanol–water partition coefficient (Wildman–Crippen LogP) is 6.21. The van der Waals surface area contributed by atoms with Gasteiger partial charge < -0.3 is 4.43 Å². The molecule has 2 aliphatic rings. The van der Waals surface area contributed by atoms with Gasteiger partial charge in [-0.2, -0.15) is 0 Å². The van der Waals surface area contributed by atoms with E-state index in [9.17, 15) is 4.79 Å². The molecule has 0 aliphatic heterocycles. The molecule has 2 rings (SSSR count). The molecule has 4 atom stereocenters. The fourth-order valence-electron chi connectivity index (χ4n) is 5.84. The van der Waals surface area contributed by atoms with Crippen molar-refractivity contribution in [3.63, 3.8) is 0 Å². The summed E-state index contributed by atoms with van der Waals surface area (Å²) in [5, 5.41) is 0. The largest absolute Gasteiger partial charge is 0.413 e. The van der Waals surface area contributed by atoms with Gasteiger partial charge in [-0.3, -0.25) is 4.79 Å².